The summed E-state index contributed by atoms with van der Waals surface area (Å²) in [7, 11) is 0. The minimum Gasteiger partial charge on any atom is -0.311 e. The van der Waals surface area contributed by atoms with Crippen LogP contribution in [0.25, 0.3) is 0 Å². The van der Waals surface area contributed by atoms with Crippen LogP contribution in [0, 0.1) is 11.6 Å². The van der Waals surface area contributed by atoms with Gasteiger partial charge in [-0.1, -0.05) is 6.92 Å². The Morgan fingerprint density at radius 1 is 1.29 bits per heavy atom. The average Bonchev–Trinajstić information content (AvgIpc) is 2.20. The third kappa shape index (κ3) is 5.50. The maximum Gasteiger partial charge on any atom is 0.136 e. The highest BCUT2D eigenvalue weighted by Gasteiger charge is 2.13. The zero-order chi connectivity index (χ0) is 13.1. The highest BCUT2D eigenvalue weighted by Crippen LogP contribution is 2.26. The van der Waals surface area contributed by atoms with Gasteiger partial charge in [0.1, 0.15) is 11.6 Å². The minimum absolute atomic E-state index is 0.0370. The van der Waals surface area contributed by atoms with Gasteiger partial charge in [0, 0.05) is 22.2 Å². The van der Waals surface area contributed by atoms with Gasteiger partial charge in [-0.15, -0.1) is 11.8 Å². The molecule has 1 atom stereocenters. The molecule has 0 amide bonds. The third-order valence-corrected chi connectivity index (χ3v) is 3.28. The molecule has 1 nitrogen and oxygen atoms in total. The van der Waals surface area contributed by atoms with Crippen LogP contribution < -0.4 is 5.32 Å². The fourth-order valence-electron chi connectivity index (χ4n) is 1.28. The van der Waals surface area contributed by atoms with Crippen LogP contribution in [0.4, 0.5) is 8.78 Å². The molecule has 1 aromatic rings. The lowest BCUT2D eigenvalue weighted by Crippen LogP contribution is -2.39. The van der Waals surface area contributed by atoms with Crippen molar-refractivity contribution in [1.29, 1.82) is 0 Å². The SMILES string of the molecule is CC(CNC(C)(C)C)Sc1cc(F)ccc1F. The maximum absolute atomic E-state index is 13.4. The van der Waals surface area contributed by atoms with Gasteiger partial charge in [-0.2, -0.15) is 0 Å². The molecule has 96 valence electrons. The molecule has 0 aliphatic carbocycles. The Labute approximate surface area is 106 Å². The second-order valence-electron chi connectivity index (χ2n) is 5.13. The average molecular weight is 259 g/mol. The van der Waals surface area contributed by atoms with Gasteiger partial charge >= 0.3 is 0 Å². The molecule has 0 bridgehead atoms. The Kier molecular flexibility index (Phi) is 4.95. The van der Waals surface area contributed by atoms with E-state index in [1.165, 1.54) is 23.9 Å². The van der Waals surface area contributed by atoms with Crippen molar-refractivity contribution < 1.29 is 8.78 Å². The molecular formula is C13H19F2NS. The molecule has 0 fully saturated rings. The second kappa shape index (κ2) is 5.83. The van der Waals surface area contributed by atoms with Gasteiger partial charge in [-0.3, -0.25) is 0 Å². The summed E-state index contributed by atoms with van der Waals surface area (Å²) in [5, 5.41) is 3.52. The standard InChI is InChI=1S/C13H19F2NS/c1-9(8-16-13(2,3)4)17-12-7-10(14)5-6-11(12)15/h5-7,9,16H,8H2,1-4H3. The predicted molar refractivity (Wildman–Crippen MR) is 69.4 cm³/mol. The van der Waals surface area contributed by atoms with Crippen LogP contribution in [0.5, 0.6) is 0 Å². The van der Waals surface area contributed by atoms with Crippen molar-refractivity contribution in [2.24, 2.45) is 0 Å². The summed E-state index contributed by atoms with van der Waals surface area (Å²) in [6.07, 6.45) is 0. The molecule has 1 N–H and O–H groups in total. The molecule has 0 heterocycles. The first kappa shape index (κ1) is 14.5. The normalized spacial score (nSPS) is 13.8. The molecule has 0 aliphatic heterocycles. The zero-order valence-corrected chi connectivity index (χ0v) is 11.5. The quantitative estimate of drug-likeness (QED) is 0.825. The lowest BCUT2D eigenvalue weighted by atomic mass is 10.1. The molecular weight excluding hydrogens is 240 g/mol. The lowest BCUT2D eigenvalue weighted by Gasteiger charge is -2.23. The molecule has 1 rings (SSSR count). The summed E-state index contributed by atoms with van der Waals surface area (Å²) in [5.74, 6) is -0.760. The Balaban J connectivity index is 2.56. The van der Waals surface area contributed by atoms with Crippen LogP contribution >= 0.6 is 11.8 Å². The van der Waals surface area contributed by atoms with E-state index in [1.54, 1.807) is 0 Å². The number of hydrogen-bond donors (Lipinski definition) is 1. The first-order valence-electron chi connectivity index (χ1n) is 5.64. The van der Waals surface area contributed by atoms with Gasteiger partial charge in [-0.25, -0.2) is 8.78 Å². The van der Waals surface area contributed by atoms with Gasteiger partial charge in [0.05, 0.1) is 0 Å². The van der Waals surface area contributed by atoms with Crippen LogP contribution in [0.3, 0.4) is 0 Å². The summed E-state index contributed by atoms with van der Waals surface area (Å²) in [6, 6.07) is 3.55. The summed E-state index contributed by atoms with van der Waals surface area (Å²) in [4.78, 5) is 0.369. The first-order valence-corrected chi connectivity index (χ1v) is 6.52. The number of rotatable bonds is 4. The van der Waals surface area contributed by atoms with E-state index in [4.69, 9.17) is 0 Å². The van der Waals surface area contributed by atoms with E-state index < -0.39 is 5.82 Å². The molecule has 0 aromatic heterocycles. The molecule has 0 aliphatic rings. The summed E-state index contributed by atoms with van der Waals surface area (Å²) in [6.45, 7) is 8.98. The molecule has 17 heavy (non-hydrogen) atoms. The van der Waals surface area contributed by atoms with Gasteiger partial charge in [0.15, 0.2) is 0 Å². The van der Waals surface area contributed by atoms with Crippen LogP contribution in [-0.2, 0) is 0 Å². The number of halogens is 2. The van der Waals surface area contributed by atoms with E-state index >= 15 is 0 Å². The van der Waals surface area contributed by atoms with Crippen molar-refractivity contribution in [3.05, 3.63) is 29.8 Å². The Morgan fingerprint density at radius 3 is 2.53 bits per heavy atom. The van der Waals surface area contributed by atoms with Crippen molar-refractivity contribution in [3.8, 4) is 0 Å². The molecule has 1 aromatic carbocycles. The van der Waals surface area contributed by atoms with E-state index in [2.05, 4.69) is 26.1 Å². The van der Waals surface area contributed by atoms with E-state index in [0.717, 1.165) is 12.6 Å². The number of nitrogens with one attached hydrogen (secondary N) is 1. The van der Waals surface area contributed by atoms with Gasteiger partial charge < -0.3 is 5.32 Å². The maximum atomic E-state index is 13.4. The number of hydrogen-bond acceptors (Lipinski definition) is 2. The van der Waals surface area contributed by atoms with E-state index in [-0.39, 0.29) is 16.6 Å². The Hall–Kier alpha value is -0.610. The topological polar surface area (TPSA) is 12.0 Å². The van der Waals surface area contributed by atoms with Gasteiger partial charge in [0.2, 0.25) is 0 Å². The molecule has 0 saturated heterocycles. The smallest absolute Gasteiger partial charge is 0.136 e. The van der Waals surface area contributed by atoms with Crippen LogP contribution in [0.2, 0.25) is 0 Å². The molecule has 1 unspecified atom stereocenters. The van der Waals surface area contributed by atoms with E-state index in [0.29, 0.717) is 4.90 Å². The first-order chi connectivity index (χ1) is 7.78. The van der Waals surface area contributed by atoms with Crippen molar-refractivity contribution >= 4 is 11.8 Å². The van der Waals surface area contributed by atoms with Gasteiger partial charge in [0.25, 0.3) is 0 Å². The van der Waals surface area contributed by atoms with E-state index in [1.807, 2.05) is 6.92 Å². The summed E-state index contributed by atoms with van der Waals surface area (Å²) < 4.78 is 26.4. The minimum atomic E-state index is -0.398. The number of benzene rings is 1. The van der Waals surface area contributed by atoms with Crippen LogP contribution in [-0.4, -0.2) is 17.3 Å². The molecule has 0 spiro atoms. The predicted octanol–water partition coefficient (Wildman–Crippen LogP) is 3.83. The summed E-state index contributed by atoms with van der Waals surface area (Å²) in [5.41, 5.74) is 0.0370. The third-order valence-electron chi connectivity index (χ3n) is 2.14. The van der Waals surface area contributed by atoms with E-state index in [9.17, 15) is 8.78 Å². The van der Waals surface area contributed by atoms with Crippen LogP contribution in [0.15, 0.2) is 23.1 Å². The monoisotopic (exact) mass is 259 g/mol. The van der Waals surface area contributed by atoms with Crippen molar-refractivity contribution in [3.63, 3.8) is 0 Å². The lowest BCUT2D eigenvalue weighted by molar-refractivity contribution is 0.429. The Bertz CT molecular complexity index is 374. The van der Waals surface area contributed by atoms with Crippen molar-refractivity contribution in [2.75, 3.05) is 6.54 Å². The fraction of sp³-hybridized carbons (Fsp3) is 0.538. The largest absolute Gasteiger partial charge is 0.311 e. The summed E-state index contributed by atoms with van der Waals surface area (Å²) >= 11 is 1.35. The molecule has 4 heteroatoms. The van der Waals surface area contributed by atoms with Crippen LogP contribution in [0.1, 0.15) is 27.7 Å². The highest BCUT2D eigenvalue weighted by molar-refractivity contribution is 8.00. The molecule has 0 radical (unpaired) electrons. The van der Waals surface area contributed by atoms with Gasteiger partial charge in [-0.05, 0) is 39.0 Å². The fourth-order valence-corrected chi connectivity index (χ4v) is 2.24. The van der Waals surface area contributed by atoms with Crippen molar-refractivity contribution in [2.45, 2.75) is 43.4 Å². The van der Waals surface area contributed by atoms with Crippen molar-refractivity contribution in [1.82, 2.24) is 5.32 Å². The molecule has 0 saturated carbocycles. The Morgan fingerprint density at radius 2 is 1.94 bits per heavy atom. The highest BCUT2D eigenvalue weighted by atomic mass is 32.2. The second-order valence-corrected chi connectivity index (χ2v) is 6.61. The zero-order valence-electron chi connectivity index (χ0n) is 10.7. The number of thioether (sulfide) groups is 1.